The first-order valence-corrected chi connectivity index (χ1v) is 10.7. The largest absolute Gasteiger partial charge is 0.488 e. The Morgan fingerprint density at radius 1 is 1.09 bits per heavy atom. The molecule has 3 aromatic carbocycles. The van der Waals surface area contributed by atoms with E-state index in [-0.39, 0.29) is 16.6 Å². The predicted octanol–water partition coefficient (Wildman–Crippen LogP) is 5.72. The maximum atomic E-state index is 12.5. The summed E-state index contributed by atoms with van der Waals surface area (Å²) in [5, 5.41) is 14.0. The zero-order valence-electron chi connectivity index (χ0n) is 16.5. The first-order chi connectivity index (χ1) is 15.5. The standard InChI is InChI=1S/C23H16ClN3O4S/c24-18-13-17(27(29)30)10-11-19(18)25-23-26-22(28)21(32-23)12-16-8-4-5-9-20(16)31-14-15-6-2-1-3-7-15/h1-13H,14H2,(H,25,26,28)/b21-12+. The molecule has 0 saturated carbocycles. The van der Waals surface area contributed by atoms with Gasteiger partial charge in [-0.25, -0.2) is 4.99 Å². The number of hydrogen-bond donors (Lipinski definition) is 1. The molecule has 0 unspecified atom stereocenters. The second-order valence-corrected chi connectivity index (χ2v) is 8.12. The summed E-state index contributed by atoms with van der Waals surface area (Å²) >= 11 is 7.25. The van der Waals surface area contributed by atoms with E-state index in [1.807, 2.05) is 54.6 Å². The van der Waals surface area contributed by atoms with Crippen molar-refractivity contribution in [3.05, 3.63) is 104 Å². The van der Waals surface area contributed by atoms with Crippen LogP contribution in [-0.2, 0) is 11.4 Å². The summed E-state index contributed by atoms with van der Waals surface area (Å²) in [5.74, 6) is 0.353. The van der Waals surface area contributed by atoms with Crippen LogP contribution in [-0.4, -0.2) is 16.0 Å². The molecule has 0 aliphatic carbocycles. The van der Waals surface area contributed by atoms with Crippen LogP contribution in [0.25, 0.3) is 6.08 Å². The zero-order valence-corrected chi connectivity index (χ0v) is 18.1. The molecule has 1 aliphatic rings. The van der Waals surface area contributed by atoms with Crippen LogP contribution in [0.4, 0.5) is 11.4 Å². The van der Waals surface area contributed by atoms with Gasteiger partial charge in [0.25, 0.3) is 11.6 Å². The molecule has 0 bridgehead atoms. The van der Waals surface area contributed by atoms with Crippen molar-refractivity contribution >= 4 is 51.9 Å². The summed E-state index contributed by atoms with van der Waals surface area (Å²) in [5.41, 5.74) is 2.00. The molecule has 32 heavy (non-hydrogen) atoms. The fraction of sp³-hybridized carbons (Fsp3) is 0.0435. The number of halogens is 1. The monoisotopic (exact) mass is 465 g/mol. The van der Waals surface area contributed by atoms with Gasteiger partial charge in [0.2, 0.25) is 0 Å². The van der Waals surface area contributed by atoms with Crippen LogP contribution in [0.2, 0.25) is 5.02 Å². The smallest absolute Gasteiger partial charge is 0.271 e. The molecule has 0 radical (unpaired) electrons. The Balaban J connectivity index is 1.53. The van der Waals surface area contributed by atoms with Gasteiger partial charge in [-0.05, 0) is 35.5 Å². The molecule has 4 rings (SSSR count). The van der Waals surface area contributed by atoms with Gasteiger partial charge < -0.3 is 10.1 Å². The summed E-state index contributed by atoms with van der Waals surface area (Å²) in [6, 6.07) is 21.2. The summed E-state index contributed by atoms with van der Waals surface area (Å²) in [7, 11) is 0. The van der Waals surface area contributed by atoms with Crippen LogP contribution in [0.5, 0.6) is 5.75 Å². The van der Waals surface area contributed by atoms with Crippen molar-refractivity contribution in [3.8, 4) is 5.75 Å². The van der Waals surface area contributed by atoms with E-state index in [0.717, 1.165) is 22.9 Å². The molecular weight excluding hydrogens is 450 g/mol. The third-order valence-electron chi connectivity index (χ3n) is 4.46. The number of hydrogen-bond acceptors (Lipinski definition) is 6. The second-order valence-electron chi connectivity index (χ2n) is 6.69. The van der Waals surface area contributed by atoms with Gasteiger partial charge in [0, 0.05) is 17.7 Å². The molecule has 3 aromatic rings. The van der Waals surface area contributed by atoms with E-state index < -0.39 is 4.92 Å². The van der Waals surface area contributed by atoms with Crippen LogP contribution in [0, 0.1) is 10.1 Å². The van der Waals surface area contributed by atoms with Gasteiger partial charge in [0.1, 0.15) is 12.4 Å². The number of rotatable bonds is 6. The van der Waals surface area contributed by atoms with Crippen molar-refractivity contribution < 1.29 is 14.5 Å². The molecule has 1 amide bonds. The third-order valence-corrected chi connectivity index (χ3v) is 5.67. The number of nitrogens with one attached hydrogen (secondary N) is 1. The van der Waals surface area contributed by atoms with Crippen molar-refractivity contribution in [1.29, 1.82) is 0 Å². The van der Waals surface area contributed by atoms with E-state index in [1.165, 1.54) is 18.2 Å². The Hall–Kier alpha value is -3.62. The Morgan fingerprint density at radius 3 is 2.59 bits per heavy atom. The normalized spacial score (nSPS) is 15.7. The van der Waals surface area contributed by atoms with Crippen LogP contribution in [0.1, 0.15) is 11.1 Å². The highest BCUT2D eigenvalue weighted by atomic mass is 35.5. The minimum absolute atomic E-state index is 0.124. The Morgan fingerprint density at radius 2 is 1.84 bits per heavy atom. The topological polar surface area (TPSA) is 93.8 Å². The number of benzene rings is 3. The molecule has 0 spiro atoms. The van der Waals surface area contributed by atoms with E-state index in [0.29, 0.717) is 28.1 Å². The number of carbonyl (C=O) groups excluding carboxylic acids is 1. The molecule has 1 heterocycles. The minimum atomic E-state index is -0.535. The van der Waals surface area contributed by atoms with Gasteiger partial charge in [0.05, 0.1) is 20.5 Å². The van der Waals surface area contributed by atoms with Crippen molar-refractivity contribution in [2.24, 2.45) is 4.99 Å². The highest BCUT2D eigenvalue weighted by Gasteiger charge is 2.24. The highest BCUT2D eigenvalue weighted by Crippen LogP contribution is 2.34. The van der Waals surface area contributed by atoms with Gasteiger partial charge in [-0.2, -0.15) is 0 Å². The van der Waals surface area contributed by atoms with Gasteiger partial charge in [-0.3, -0.25) is 14.9 Å². The fourth-order valence-electron chi connectivity index (χ4n) is 2.90. The summed E-state index contributed by atoms with van der Waals surface area (Å²) in [4.78, 5) is 27.5. The Labute approximate surface area is 192 Å². The van der Waals surface area contributed by atoms with E-state index >= 15 is 0 Å². The van der Waals surface area contributed by atoms with Crippen LogP contribution in [0.15, 0.2) is 82.7 Å². The van der Waals surface area contributed by atoms with Gasteiger partial charge in [-0.1, -0.05) is 60.1 Å². The minimum Gasteiger partial charge on any atom is -0.488 e. The number of thioether (sulfide) groups is 1. The van der Waals surface area contributed by atoms with Crippen LogP contribution < -0.4 is 10.1 Å². The molecular formula is C23H16ClN3O4S. The van der Waals surface area contributed by atoms with E-state index in [9.17, 15) is 14.9 Å². The quantitative estimate of drug-likeness (QED) is 0.285. The number of aliphatic imine (C=N–C) groups is 1. The summed E-state index contributed by atoms with van der Waals surface area (Å²) in [6.07, 6.45) is 1.74. The number of nitrogens with zero attached hydrogens (tertiary/aromatic N) is 2. The predicted molar refractivity (Wildman–Crippen MR) is 126 cm³/mol. The SMILES string of the molecule is O=C1NC(=Nc2ccc([N+](=O)[O-])cc2Cl)S/C1=C/c1ccccc1OCc1ccccc1. The van der Waals surface area contributed by atoms with Crippen LogP contribution >= 0.6 is 23.4 Å². The number of para-hydroxylation sites is 1. The fourth-order valence-corrected chi connectivity index (χ4v) is 3.94. The number of carbonyl (C=O) groups is 1. The number of ether oxygens (including phenoxy) is 1. The molecule has 1 saturated heterocycles. The molecule has 160 valence electrons. The van der Waals surface area contributed by atoms with Gasteiger partial charge in [0.15, 0.2) is 5.17 Å². The summed E-state index contributed by atoms with van der Waals surface area (Å²) in [6.45, 7) is 0.408. The van der Waals surface area contributed by atoms with E-state index in [2.05, 4.69) is 10.3 Å². The number of non-ortho nitro benzene ring substituents is 1. The van der Waals surface area contributed by atoms with Crippen molar-refractivity contribution in [2.45, 2.75) is 6.61 Å². The lowest BCUT2D eigenvalue weighted by molar-refractivity contribution is -0.384. The van der Waals surface area contributed by atoms with Crippen LogP contribution in [0.3, 0.4) is 0 Å². The lowest BCUT2D eigenvalue weighted by Gasteiger charge is -2.09. The van der Waals surface area contributed by atoms with Crippen molar-refractivity contribution in [1.82, 2.24) is 5.32 Å². The third kappa shape index (κ3) is 5.16. The average Bonchev–Trinajstić information content (AvgIpc) is 3.13. The Bertz CT molecular complexity index is 1240. The maximum Gasteiger partial charge on any atom is 0.271 e. The molecule has 7 nitrogen and oxygen atoms in total. The van der Waals surface area contributed by atoms with Gasteiger partial charge >= 0.3 is 0 Å². The van der Waals surface area contributed by atoms with E-state index in [4.69, 9.17) is 16.3 Å². The number of nitro benzene ring substituents is 1. The second kappa shape index (κ2) is 9.67. The maximum absolute atomic E-state index is 12.5. The highest BCUT2D eigenvalue weighted by molar-refractivity contribution is 8.18. The molecule has 1 aliphatic heterocycles. The Kier molecular flexibility index (Phi) is 6.53. The zero-order chi connectivity index (χ0) is 22.5. The molecule has 9 heteroatoms. The van der Waals surface area contributed by atoms with E-state index in [1.54, 1.807) is 6.08 Å². The number of amidine groups is 1. The first-order valence-electron chi connectivity index (χ1n) is 9.49. The molecule has 0 aromatic heterocycles. The lowest BCUT2D eigenvalue weighted by Crippen LogP contribution is -2.19. The lowest BCUT2D eigenvalue weighted by atomic mass is 10.2. The summed E-state index contributed by atoms with van der Waals surface area (Å²) < 4.78 is 5.95. The first kappa shape index (κ1) is 21.6. The number of amides is 1. The van der Waals surface area contributed by atoms with Crippen molar-refractivity contribution in [3.63, 3.8) is 0 Å². The number of nitro groups is 1. The van der Waals surface area contributed by atoms with Crippen molar-refractivity contribution in [2.75, 3.05) is 0 Å². The molecule has 1 fully saturated rings. The molecule has 0 atom stereocenters. The molecule has 1 N–H and O–H groups in total. The van der Waals surface area contributed by atoms with Gasteiger partial charge in [-0.15, -0.1) is 0 Å². The average molecular weight is 466 g/mol.